The zero-order chi connectivity index (χ0) is 13.0. The van der Waals surface area contributed by atoms with E-state index in [0.29, 0.717) is 11.7 Å². The number of carbonyl (C=O) groups is 1. The van der Waals surface area contributed by atoms with Crippen molar-refractivity contribution in [1.29, 1.82) is 0 Å². The molecule has 0 aliphatic carbocycles. The van der Waals surface area contributed by atoms with Gasteiger partial charge < -0.3 is 4.74 Å². The van der Waals surface area contributed by atoms with Crippen LogP contribution in [-0.4, -0.2) is 17.7 Å². The van der Waals surface area contributed by atoms with Crippen LogP contribution in [0.3, 0.4) is 0 Å². The maximum Gasteiger partial charge on any atom is 0.413 e. The maximum atomic E-state index is 11.2. The summed E-state index contributed by atoms with van der Waals surface area (Å²) in [6.45, 7) is 4.15. The monoisotopic (exact) mass is 342 g/mol. The number of amides is 1. The topological polar surface area (TPSA) is 51.2 Å². The van der Waals surface area contributed by atoms with E-state index in [4.69, 9.17) is 4.74 Å². The number of ether oxygens (including phenoxy) is 1. The molecule has 0 aliphatic heterocycles. The molecule has 0 unspecified atom stereocenters. The largest absolute Gasteiger partial charge is 0.450 e. The van der Waals surface area contributed by atoms with Crippen LogP contribution in [-0.2, 0) is 4.74 Å². The smallest absolute Gasteiger partial charge is 0.413 e. The van der Waals surface area contributed by atoms with Gasteiger partial charge in [-0.25, -0.2) is 9.78 Å². The number of nitrogens with one attached hydrogen (secondary N) is 1. The molecule has 6 heteroatoms. The Balaban J connectivity index is 0.00000180. The summed E-state index contributed by atoms with van der Waals surface area (Å²) in [5, 5.41) is 5.04. The molecule has 0 bridgehead atoms. The average molecular weight is 343 g/mol. The van der Waals surface area contributed by atoms with E-state index in [-0.39, 0.29) is 17.0 Å². The number of benzene rings is 1. The Hall–Kier alpha value is -1.40. The predicted molar refractivity (Wildman–Crippen MR) is 83.3 cm³/mol. The van der Waals surface area contributed by atoms with E-state index in [1.807, 2.05) is 36.6 Å². The molecule has 1 amide bonds. The summed E-state index contributed by atoms with van der Waals surface area (Å²) in [5.41, 5.74) is 3.10. The van der Waals surface area contributed by atoms with E-state index < -0.39 is 6.09 Å². The third-order valence-electron chi connectivity index (χ3n) is 2.34. The van der Waals surface area contributed by atoms with E-state index in [2.05, 4.69) is 10.3 Å². The molecule has 1 aromatic heterocycles. The van der Waals surface area contributed by atoms with Crippen molar-refractivity contribution in [2.75, 3.05) is 11.9 Å². The summed E-state index contributed by atoms with van der Waals surface area (Å²) in [4.78, 5) is 15.6. The SMILES string of the molecule is Br.CCOC(=O)Nc1nc(-c2ccc(C)cc2)cs1. The molecule has 0 saturated carbocycles. The quantitative estimate of drug-likeness (QED) is 0.906. The fourth-order valence-corrected chi connectivity index (χ4v) is 2.15. The highest BCUT2D eigenvalue weighted by Gasteiger charge is 2.07. The lowest BCUT2D eigenvalue weighted by molar-refractivity contribution is 0.168. The molecule has 1 heterocycles. The van der Waals surface area contributed by atoms with Crippen molar-refractivity contribution >= 4 is 39.5 Å². The summed E-state index contributed by atoms with van der Waals surface area (Å²) in [6.07, 6.45) is -0.470. The standard InChI is InChI=1S/C13H14N2O2S.BrH/c1-3-17-13(16)15-12-14-11(8-18-12)10-6-4-9(2)5-7-10;/h4-8H,3H2,1-2H3,(H,14,15,16);1H. The molecule has 0 spiro atoms. The lowest BCUT2D eigenvalue weighted by Crippen LogP contribution is -2.12. The van der Waals surface area contributed by atoms with Gasteiger partial charge in [-0.2, -0.15) is 0 Å². The van der Waals surface area contributed by atoms with E-state index in [0.717, 1.165) is 11.3 Å². The van der Waals surface area contributed by atoms with Gasteiger partial charge in [-0.05, 0) is 13.8 Å². The van der Waals surface area contributed by atoms with Crippen LogP contribution in [0.4, 0.5) is 9.93 Å². The van der Waals surface area contributed by atoms with E-state index in [1.165, 1.54) is 16.9 Å². The van der Waals surface area contributed by atoms with Crippen LogP contribution < -0.4 is 5.32 Å². The van der Waals surface area contributed by atoms with Gasteiger partial charge >= 0.3 is 6.09 Å². The molecule has 1 aromatic carbocycles. The molecule has 0 aliphatic rings. The first-order valence-corrected chi connectivity index (χ1v) is 6.53. The number of nitrogens with zero attached hydrogens (tertiary/aromatic N) is 1. The van der Waals surface area contributed by atoms with Crippen molar-refractivity contribution in [2.45, 2.75) is 13.8 Å². The second-order valence-corrected chi connectivity index (χ2v) is 4.61. The Morgan fingerprint density at radius 1 is 1.37 bits per heavy atom. The van der Waals surface area contributed by atoms with Crippen molar-refractivity contribution in [2.24, 2.45) is 0 Å². The summed E-state index contributed by atoms with van der Waals surface area (Å²) < 4.78 is 4.79. The third-order valence-corrected chi connectivity index (χ3v) is 3.09. The molecule has 4 nitrogen and oxygen atoms in total. The Morgan fingerprint density at radius 2 is 2.05 bits per heavy atom. The average Bonchev–Trinajstić information content (AvgIpc) is 2.78. The second-order valence-electron chi connectivity index (χ2n) is 3.75. The van der Waals surface area contributed by atoms with Crippen molar-refractivity contribution < 1.29 is 9.53 Å². The van der Waals surface area contributed by atoms with Crippen molar-refractivity contribution in [3.05, 3.63) is 35.2 Å². The Morgan fingerprint density at radius 3 is 2.68 bits per heavy atom. The van der Waals surface area contributed by atoms with Crippen LogP contribution >= 0.6 is 28.3 Å². The summed E-state index contributed by atoms with van der Waals surface area (Å²) in [6, 6.07) is 8.09. The van der Waals surface area contributed by atoms with Crippen LogP contribution in [0.1, 0.15) is 12.5 Å². The molecular weight excluding hydrogens is 328 g/mol. The molecule has 1 N–H and O–H groups in total. The lowest BCUT2D eigenvalue weighted by atomic mass is 10.1. The highest BCUT2D eigenvalue weighted by molar-refractivity contribution is 8.93. The molecule has 19 heavy (non-hydrogen) atoms. The molecule has 0 fully saturated rings. The van der Waals surface area contributed by atoms with Gasteiger partial charge in [0, 0.05) is 10.9 Å². The number of hydrogen-bond donors (Lipinski definition) is 1. The number of thiazole rings is 1. The number of rotatable bonds is 3. The molecule has 2 rings (SSSR count). The highest BCUT2D eigenvalue weighted by Crippen LogP contribution is 2.25. The third kappa shape index (κ3) is 4.33. The molecule has 102 valence electrons. The van der Waals surface area contributed by atoms with Crippen LogP contribution in [0.5, 0.6) is 0 Å². The number of hydrogen-bond acceptors (Lipinski definition) is 4. The van der Waals surface area contributed by atoms with E-state index in [1.54, 1.807) is 6.92 Å². The summed E-state index contributed by atoms with van der Waals surface area (Å²) in [5.74, 6) is 0. The van der Waals surface area contributed by atoms with Gasteiger partial charge in [0.25, 0.3) is 0 Å². The number of aryl methyl sites for hydroxylation is 1. The van der Waals surface area contributed by atoms with E-state index >= 15 is 0 Å². The number of carbonyl (C=O) groups excluding carboxylic acids is 1. The Labute approximate surface area is 126 Å². The van der Waals surface area contributed by atoms with Crippen molar-refractivity contribution in [3.8, 4) is 11.3 Å². The first-order valence-electron chi connectivity index (χ1n) is 5.65. The van der Waals surface area contributed by atoms with Gasteiger partial charge in [-0.3, -0.25) is 5.32 Å². The second kappa shape index (κ2) is 7.25. The van der Waals surface area contributed by atoms with Crippen LogP contribution in [0.2, 0.25) is 0 Å². The number of anilines is 1. The normalized spacial score (nSPS) is 9.58. The van der Waals surface area contributed by atoms with Gasteiger partial charge in [-0.1, -0.05) is 29.8 Å². The fourth-order valence-electron chi connectivity index (χ4n) is 1.44. The zero-order valence-electron chi connectivity index (χ0n) is 10.7. The summed E-state index contributed by atoms with van der Waals surface area (Å²) in [7, 11) is 0. The Kier molecular flexibility index (Phi) is 5.98. The fraction of sp³-hybridized carbons (Fsp3) is 0.231. The van der Waals surface area contributed by atoms with Gasteiger partial charge in [0.15, 0.2) is 5.13 Å². The molecule has 0 saturated heterocycles. The molecular formula is C13H15BrN2O2S. The first kappa shape index (κ1) is 15.7. The highest BCUT2D eigenvalue weighted by atomic mass is 79.9. The van der Waals surface area contributed by atoms with Gasteiger partial charge in [-0.15, -0.1) is 28.3 Å². The van der Waals surface area contributed by atoms with Crippen LogP contribution in [0, 0.1) is 6.92 Å². The maximum absolute atomic E-state index is 11.2. The van der Waals surface area contributed by atoms with Gasteiger partial charge in [0.2, 0.25) is 0 Å². The minimum atomic E-state index is -0.470. The molecule has 0 atom stereocenters. The minimum absolute atomic E-state index is 0. The molecule has 0 radical (unpaired) electrons. The number of halogens is 1. The van der Waals surface area contributed by atoms with Gasteiger partial charge in [0.05, 0.1) is 12.3 Å². The van der Waals surface area contributed by atoms with Crippen LogP contribution in [0.15, 0.2) is 29.6 Å². The zero-order valence-corrected chi connectivity index (χ0v) is 13.2. The lowest BCUT2D eigenvalue weighted by Gasteiger charge is -2.00. The predicted octanol–water partition coefficient (Wildman–Crippen LogP) is 4.26. The summed E-state index contributed by atoms with van der Waals surface area (Å²) >= 11 is 1.38. The van der Waals surface area contributed by atoms with E-state index in [9.17, 15) is 4.79 Å². The van der Waals surface area contributed by atoms with Gasteiger partial charge in [0.1, 0.15) is 0 Å². The Bertz CT molecular complexity index is 540. The molecule has 2 aromatic rings. The number of aromatic nitrogens is 1. The van der Waals surface area contributed by atoms with Crippen LogP contribution in [0.25, 0.3) is 11.3 Å². The first-order chi connectivity index (χ1) is 8.69. The van der Waals surface area contributed by atoms with Crippen molar-refractivity contribution in [1.82, 2.24) is 4.98 Å². The minimum Gasteiger partial charge on any atom is -0.450 e. The van der Waals surface area contributed by atoms with Crippen molar-refractivity contribution in [3.63, 3.8) is 0 Å².